The summed E-state index contributed by atoms with van der Waals surface area (Å²) in [6.45, 7) is 4.12. The largest absolute Gasteiger partial charge is 0.492 e. The van der Waals surface area contributed by atoms with Crippen molar-refractivity contribution in [1.29, 1.82) is 0 Å². The molecule has 5 nitrogen and oxygen atoms in total. The van der Waals surface area contributed by atoms with Gasteiger partial charge < -0.3 is 10.5 Å². The maximum absolute atomic E-state index is 12.5. The van der Waals surface area contributed by atoms with Gasteiger partial charge in [0.25, 0.3) is 0 Å². The van der Waals surface area contributed by atoms with Gasteiger partial charge in [0.1, 0.15) is 12.4 Å². The molecule has 0 amide bonds. The van der Waals surface area contributed by atoms with Crippen molar-refractivity contribution in [1.82, 2.24) is 4.31 Å². The van der Waals surface area contributed by atoms with Crippen LogP contribution in [-0.4, -0.2) is 37.2 Å². The van der Waals surface area contributed by atoms with E-state index in [1.165, 1.54) is 0 Å². The zero-order valence-corrected chi connectivity index (χ0v) is 13.5. The Hall–Kier alpha value is -1.27. The highest BCUT2D eigenvalue weighted by atomic mass is 32.2. The van der Waals surface area contributed by atoms with E-state index in [1.54, 1.807) is 28.6 Å². The lowest BCUT2D eigenvalue weighted by molar-refractivity contribution is 0.202. The molecule has 1 heterocycles. The van der Waals surface area contributed by atoms with Gasteiger partial charge in [-0.15, -0.1) is 0 Å². The molecule has 1 aromatic carbocycles. The second kappa shape index (κ2) is 6.66. The molecule has 1 saturated heterocycles. The molecule has 0 bridgehead atoms. The average molecular weight is 312 g/mol. The van der Waals surface area contributed by atoms with Gasteiger partial charge in [-0.2, -0.15) is 4.31 Å². The summed E-state index contributed by atoms with van der Waals surface area (Å²) < 4.78 is 32.1. The van der Waals surface area contributed by atoms with Gasteiger partial charge >= 0.3 is 0 Å². The van der Waals surface area contributed by atoms with Crippen LogP contribution in [0, 0.1) is 0 Å². The number of hydrogen-bond donors (Lipinski definition) is 1. The Morgan fingerprint density at radius 2 is 1.76 bits per heavy atom. The van der Waals surface area contributed by atoms with Crippen LogP contribution in [0.2, 0.25) is 0 Å². The van der Waals surface area contributed by atoms with Crippen molar-refractivity contribution in [3.05, 3.63) is 24.3 Å². The lowest BCUT2D eigenvalue weighted by Gasteiger charge is -2.37. The standard InChI is InChI=1S/C15H24N2O3S/c1-12-4-3-5-13(2)17(12)21(18,19)11-10-20-15-8-6-14(16)7-9-15/h6-9,12-13H,3-5,10-11,16H2,1-2H3/t12-,13+. The first-order valence-electron chi connectivity index (χ1n) is 7.40. The molecular formula is C15H24N2O3S. The molecule has 2 N–H and O–H groups in total. The normalized spacial score (nSPS) is 23.9. The van der Waals surface area contributed by atoms with E-state index in [4.69, 9.17) is 10.5 Å². The predicted molar refractivity (Wildman–Crippen MR) is 84.8 cm³/mol. The van der Waals surface area contributed by atoms with Crippen LogP contribution in [0.15, 0.2) is 24.3 Å². The molecule has 6 heteroatoms. The fourth-order valence-electron chi connectivity index (χ4n) is 2.88. The Bertz CT molecular complexity index is 547. The second-order valence-electron chi connectivity index (χ2n) is 5.69. The molecule has 1 aromatic rings. The van der Waals surface area contributed by atoms with Crippen molar-refractivity contribution in [2.75, 3.05) is 18.1 Å². The molecule has 0 spiro atoms. The molecule has 118 valence electrons. The van der Waals surface area contributed by atoms with Gasteiger partial charge in [-0.25, -0.2) is 8.42 Å². The Labute approximate surface area is 127 Å². The van der Waals surface area contributed by atoms with E-state index < -0.39 is 10.0 Å². The van der Waals surface area contributed by atoms with Crippen LogP contribution in [-0.2, 0) is 10.0 Å². The highest BCUT2D eigenvalue weighted by Gasteiger charge is 2.34. The number of nitrogen functional groups attached to an aromatic ring is 1. The number of nitrogens with two attached hydrogens (primary N) is 1. The predicted octanol–water partition coefficient (Wildman–Crippen LogP) is 2.24. The van der Waals surface area contributed by atoms with E-state index in [0.717, 1.165) is 19.3 Å². The molecule has 2 atom stereocenters. The number of nitrogens with zero attached hydrogens (tertiary/aromatic N) is 1. The van der Waals surface area contributed by atoms with Crippen molar-refractivity contribution in [3.8, 4) is 5.75 Å². The zero-order chi connectivity index (χ0) is 15.5. The molecule has 0 aliphatic carbocycles. The first-order chi connectivity index (χ1) is 9.90. The summed E-state index contributed by atoms with van der Waals surface area (Å²) in [5.41, 5.74) is 6.25. The zero-order valence-electron chi connectivity index (χ0n) is 12.7. The lowest BCUT2D eigenvalue weighted by atomic mass is 10.0. The summed E-state index contributed by atoms with van der Waals surface area (Å²) in [4.78, 5) is 0. The maximum Gasteiger partial charge on any atom is 0.217 e. The SMILES string of the molecule is C[C@@H]1CCC[C@H](C)N1S(=O)(=O)CCOc1ccc(N)cc1. The lowest BCUT2D eigenvalue weighted by Crippen LogP contribution is -2.48. The van der Waals surface area contributed by atoms with Gasteiger partial charge in [-0.3, -0.25) is 0 Å². The number of sulfonamides is 1. The van der Waals surface area contributed by atoms with Crippen LogP contribution in [0.5, 0.6) is 5.75 Å². The summed E-state index contributed by atoms with van der Waals surface area (Å²) >= 11 is 0. The molecule has 0 aromatic heterocycles. The van der Waals surface area contributed by atoms with Crippen LogP contribution in [0.4, 0.5) is 5.69 Å². The Kier molecular flexibility index (Phi) is 5.11. The van der Waals surface area contributed by atoms with E-state index in [0.29, 0.717) is 11.4 Å². The molecule has 1 aliphatic heterocycles. The number of ether oxygens (including phenoxy) is 1. The fourth-order valence-corrected chi connectivity index (χ4v) is 4.69. The van der Waals surface area contributed by atoms with Gasteiger partial charge in [0.15, 0.2) is 0 Å². The van der Waals surface area contributed by atoms with Crippen LogP contribution in [0.3, 0.4) is 0 Å². The highest BCUT2D eigenvalue weighted by molar-refractivity contribution is 7.89. The summed E-state index contributed by atoms with van der Waals surface area (Å²) in [5.74, 6) is 0.644. The molecule has 0 unspecified atom stereocenters. The quantitative estimate of drug-likeness (QED) is 0.846. The van der Waals surface area contributed by atoms with Gasteiger partial charge in [0.05, 0.1) is 5.75 Å². The summed E-state index contributed by atoms with van der Waals surface area (Å²) in [5, 5.41) is 0. The molecule has 1 fully saturated rings. The van der Waals surface area contributed by atoms with Gasteiger partial charge in [0.2, 0.25) is 10.0 Å². The van der Waals surface area contributed by atoms with Crippen molar-refractivity contribution in [2.24, 2.45) is 0 Å². The summed E-state index contributed by atoms with van der Waals surface area (Å²) in [7, 11) is -3.28. The van der Waals surface area contributed by atoms with Crippen molar-refractivity contribution in [3.63, 3.8) is 0 Å². The second-order valence-corrected chi connectivity index (χ2v) is 7.69. The smallest absolute Gasteiger partial charge is 0.217 e. The number of anilines is 1. The van der Waals surface area contributed by atoms with Crippen molar-refractivity contribution < 1.29 is 13.2 Å². The van der Waals surface area contributed by atoms with Crippen LogP contribution < -0.4 is 10.5 Å². The number of hydrogen-bond acceptors (Lipinski definition) is 4. The molecular weight excluding hydrogens is 288 g/mol. The summed E-state index contributed by atoms with van der Waals surface area (Å²) in [6, 6.07) is 7.12. The van der Waals surface area contributed by atoms with Crippen LogP contribution in [0.1, 0.15) is 33.1 Å². The maximum atomic E-state index is 12.5. The highest BCUT2D eigenvalue weighted by Crippen LogP contribution is 2.26. The monoisotopic (exact) mass is 312 g/mol. The number of rotatable bonds is 5. The van der Waals surface area contributed by atoms with Crippen molar-refractivity contribution in [2.45, 2.75) is 45.2 Å². The van der Waals surface area contributed by atoms with E-state index in [9.17, 15) is 8.42 Å². The molecule has 21 heavy (non-hydrogen) atoms. The fraction of sp³-hybridized carbons (Fsp3) is 0.600. The molecule has 0 radical (unpaired) electrons. The van der Waals surface area contributed by atoms with Crippen molar-refractivity contribution >= 4 is 15.7 Å². The summed E-state index contributed by atoms with van der Waals surface area (Å²) in [6.07, 6.45) is 2.96. The van der Waals surface area contributed by atoms with E-state index in [-0.39, 0.29) is 24.4 Å². The molecule has 0 saturated carbocycles. The molecule has 2 rings (SSSR count). The minimum Gasteiger partial charge on any atom is -0.492 e. The number of piperidine rings is 1. The third kappa shape index (κ3) is 4.11. The topological polar surface area (TPSA) is 72.6 Å². The van der Waals surface area contributed by atoms with Gasteiger partial charge in [-0.05, 0) is 51.0 Å². The first-order valence-corrected chi connectivity index (χ1v) is 9.00. The molecule has 1 aliphatic rings. The first kappa shape index (κ1) is 16.1. The van der Waals surface area contributed by atoms with E-state index in [2.05, 4.69) is 0 Å². The Morgan fingerprint density at radius 1 is 1.19 bits per heavy atom. The van der Waals surface area contributed by atoms with Crippen LogP contribution in [0.25, 0.3) is 0 Å². The van der Waals surface area contributed by atoms with Crippen LogP contribution >= 0.6 is 0 Å². The average Bonchev–Trinajstić information content (AvgIpc) is 2.40. The van der Waals surface area contributed by atoms with Gasteiger partial charge in [0, 0.05) is 17.8 Å². The Balaban J connectivity index is 1.93. The Morgan fingerprint density at radius 3 is 2.33 bits per heavy atom. The van der Waals surface area contributed by atoms with E-state index >= 15 is 0 Å². The minimum atomic E-state index is -3.28. The number of benzene rings is 1. The van der Waals surface area contributed by atoms with E-state index in [1.807, 2.05) is 13.8 Å². The van der Waals surface area contributed by atoms with Gasteiger partial charge in [-0.1, -0.05) is 6.42 Å². The third-order valence-electron chi connectivity index (χ3n) is 3.92. The third-order valence-corrected chi connectivity index (χ3v) is 5.97. The minimum absolute atomic E-state index is 0.00601.